The Morgan fingerprint density at radius 3 is 2.64 bits per heavy atom. The summed E-state index contributed by atoms with van der Waals surface area (Å²) in [6.45, 7) is 2.83. The van der Waals surface area contributed by atoms with Crippen molar-refractivity contribution < 1.29 is 28.3 Å². The molecule has 0 bridgehead atoms. The Hall–Kier alpha value is -4.52. The van der Waals surface area contributed by atoms with Gasteiger partial charge in [-0.15, -0.1) is 0 Å². The molecular formula is C29H31FN6O6. The average molecular weight is 579 g/mol. The number of hydrogen-bond acceptors (Lipinski definition) is 10. The van der Waals surface area contributed by atoms with E-state index >= 15 is 0 Å². The molecule has 2 fully saturated rings. The van der Waals surface area contributed by atoms with E-state index in [0.29, 0.717) is 36.2 Å². The summed E-state index contributed by atoms with van der Waals surface area (Å²) in [5, 5.41) is 16.0. The van der Waals surface area contributed by atoms with Crippen LogP contribution in [0.3, 0.4) is 0 Å². The standard InChI is InChI=1S/C29H31FN6O6/c1-39-27-12-22(36(37)38)3-2-19(27)18-41-24-13-25-26(31-16-24)14-28(34-8-10-40-11-9-34)33-29(25)42-23-6-4-21(5-7-23)35-17-20(30)15-32-35/h2-3,12-17,21,23H,4-11,18H2,1H3. The first kappa shape index (κ1) is 27.6. The van der Waals surface area contributed by atoms with Crippen LogP contribution in [0.25, 0.3) is 10.9 Å². The Labute approximate surface area is 241 Å². The number of nitrogens with zero attached hydrogens (tertiary/aromatic N) is 6. The average Bonchev–Trinajstić information content (AvgIpc) is 3.46. The number of ether oxygens (including phenoxy) is 4. The minimum Gasteiger partial charge on any atom is -0.496 e. The van der Waals surface area contributed by atoms with Crippen LogP contribution in [0.2, 0.25) is 0 Å². The number of halogens is 1. The number of nitro groups is 1. The summed E-state index contributed by atoms with van der Waals surface area (Å²) in [6.07, 6.45) is 7.44. The van der Waals surface area contributed by atoms with Gasteiger partial charge in [-0.3, -0.25) is 19.8 Å². The molecule has 6 rings (SSSR count). The number of benzene rings is 1. The quantitative estimate of drug-likeness (QED) is 0.201. The van der Waals surface area contributed by atoms with Crippen molar-refractivity contribution in [3.05, 3.63) is 70.4 Å². The monoisotopic (exact) mass is 578 g/mol. The predicted octanol–water partition coefficient (Wildman–Crippen LogP) is 4.86. The van der Waals surface area contributed by atoms with Gasteiger partial charge in [-0.05, 0) is 37.8 Å². The minimum absolute atomic E-state index is 0.0577. The molecule has 1 saturated carbocycles. The molecule has 0 N–H and O–H groups in total. The summed E-state index contributed by atoms with van der Waals surface area (Å²) >= 11 is 0. The highest BCUT2D eigenvalue weighted by Crippen LogP contribution is 2.35. The predicted molar refractivity (Wildman–Crippen MR) is 151 cm³/mol. The van der Waals surface area contributed by atoms with E-state index in [1.54, 1.807) is 16.9 Å². The summed E-state index contributed by atoms with van der Waals surface area (Å²) in [4.78, 5) is 22.4. The molecule has 220 valence electrons. The number of non-ortho nitro benzene ring substituents is 1. The van der Waals surface area contributed by atoms with Crippen molar-refractivity contribution in [2.75, 3.05) is 38.3 Å². The zero-order chi connectivity index (χ0) is 29.1. The molecule has 13 heteroatoms. The van der Waals surface area contributed by atoms with Crippen molar-refractivity contribution >= 4 is 22.4 Å². The Kier molecular flexibility index (Phi) is 8.00. The van der Waals surface area contributed by atoms with Crippen LogP contribution in [0.1, 0.15) is 37.3 Å². The first-order valence-electron chi connectivity index (χ1n) is 13.9. The number of anilines is 1. The number of nitro benzene ring substituents is 1. The second-order valence-electron chi connectivity index (χ2n) is 10.4. The van der Waals surface area contributed by atoms with E-state index in [4.69, 9.17) is 23.9 Å². The van der Waals surface area contributed by atoms with Gasteiger partial charge in [0, 0.05) is 30.8 Å². The SMILES string of the molecule is COc1cc([N+](=O)[O-])ccc1COc1cnc2cc(N3CCOCC3)nc(OC3CCC(n4cc(F)cn4)CC3)c2c1. The first-order valence-corrected chi connectivity index (χ1v) is 13.9. The van der Waals surface area contributed by atoms with Crippen molar-refractivity contribution in [1.82, 2.24) is 19.7 Å². The van der Waals surface area contributed by atoms with E-state index in [1.165, 1.54) is 31.6 Å². The van der Waals surface area contributed by atoms with Crippen LogP contribution < -0.4 is 19.1 Å². The normalized spacial score (nSPS) is 19.0. The van der Waals surface area contributed by atoms with Gasteiger partial charge in [-0.1, -0.05) is 0 Å². The second kappa shape index (κ2) is 12.1. The molecule has 1 aromatic carbocycles. The molecule has 4 aromatic rings. The summed E-state index contributed by atoms with van der Waals surface area (Å²) in [5.74, 6) is 1.79. The second-order valence-corrected chi connectivity index (χ2v) is 10.4. The highest BCUT2D eigenvalue weighted by Gasteiger charge is 2.26. The van der Waals surface area contributed by atoms with E-state index in [1.807, 2.05) is 12.1 Å². The smallest absolute Gasteiger partial charge is 0.273 e. The fourth-order valence-corrected chi connectivity index (χ4v) is 5.41. The van der Waals surface area contributed by atoms with Crippen LogP contribution >= 0.6 is 0 Å². The Bertz CT molecular complexity index is 1570. The molecule has 0 radical (unpaired) electrons. The molecule has 1 aliphatic carbocycles. The van der Waals surface area contributed by atoms with Crippen LogP contribution in [-0.2, 0) is 11.3 Å². The van der Waals surface area contributed by atoms with Crippen molar-refractivity contribution in [3.8, 4) is 17.4 Å². The van der Waals surface area contributed by atoms with Crippen LogP contribution in [0.15, 0.2) is 48.9 Å². The van der Waals surface area contributed by atoms with Crippen LogP contribution in [0.5, 0.6) is 17.4 Å². The zero-order valence-corrected chi connectivity index (χ0v) is 23.1. The maximum Gasteiger partial charge on any atom is 0.273 e. The largest absolute Gasteiger partial charge is 0.496 e. The third kappa shape index (κ3) is 6.05. The van der Waals surface area contributed by atoms with Crippen molar-refractivity contribution in [3.63, 3.8) is 0 Å². The fourth-order valence-electron chi connectivity index (χ4n) is 5.41. The highest BCUT2D eigenvalue weighted by molar-refractivity contribution is 5.87. The van der Waals surface area contributed by atoms with Crippen LogP contribution in [-0.4, -0.2) is 64.2 Å². The summed E-state index contributed by atoms with van der Waals surface area (Å²) in [7, 11) is 1.46. The van der Waals surface area contributed by atoms with Gasteiger partial charge >= 0.3 is 0 Å². The van der Waals surface area contributed by atoms with Gasteiger partial charge in [-0.25, -0.2) is 4.39 Å². The molecule has 12 nitrogen and oxygen atoms in total. The fraction of sp³-hybridized carbons (Fsp3) is 0.414. The van der Waals surface area contributed by atoms with E-state index in [9.17, 15) is 14.5 Å². The van der Waals surface area contributed by atoms with Crippen molar-refractivity contribution in [2.45, 2.75) is 44.4 Å². The first-order chi connectivity index (χ1) is 20.5. The minimum atomic E-state index is -0.468. The molecular weight excluding hydrogens is 547 g/mol. The van der Waals surface area contributed by atoms with E-state index < -0.39 is 4.92 Å². The molecule has 0 atom stereocenters. The molecule has 0 amide bonds. The summed E-state index contributed by atoms with van der Waals surface area (Å²) in [5.41, 5.74) is 1.33. The lowest BCUT2D eigenvalue weighted by atomic mass is 9.93. The molecule has 1 aliphatic heterocycles. The number of morpholine rings is 1. The number of pyridine rings is 2. The van der Waals surface area contributed by atoms with Gasteiger partial charge in [0.15, 0.2) is 5.82 Å². The Morgan fingerprint density at radius 2 is 1.93 bits per heavy atom. The molecule has 0 unspecified atom stereocenters. The lowest BCUT2D eigenvalue weighted by Crippen LogP contribution is -2.36. The lowest BCUT2D eigenvalue weighted by molar-refractivity contribution is -0.384. The van der Waals surface area contributed by atoms with Gasteiger partial charge in [0.25, 0.3) is 5.69 Å². The summed E-state index contributed by atoms with van der Waals surface area (Å²) < 4.78 is 38.6. The van der Waals surface area contributed by atoms with E-state index in [2.05, 4.69) is 15.0 Å². The highest BCUT2D eigenvalue weighted by atomic mass is 19.1. The number of methoxy groups -OCH3 is 1. The number of fused-ring (bicyclic) bond motifs is 1. The third-order valence-corrected chi connectivity index (χ3v) is 7.68. The van der Waals surface area contributed by atoms with E-state index in [0.717, 1.165) is 55.5 Å². The van der Waals surface area contributed by atoms with Gasteiger partial charge in [0.1, 0.15) is 30.0 Å². The van der Waals surface area contributed by atoms with Crippen molar-refractivity contribution in [2.24, 2.45) is 0 Å². The van der Waals surface area contributed by atoms with Gasteiger partial charge in [0.2, 0.25) is 5.88 Å². The molecule has 4 heterocycles. The third-order valence-electron chi connectivity index (χ3n) is 7.68. The van der Waals surface area contributed by atoms with Crippen molar-refractivity contribution in [1.29, 1.82) is 0 Å². The Morgan fingerprint density at radius 1 is 1.12 bits per heavy atom. The maximum atomic E-state index is 13.5. The van der Waals surface area contributed by atoms with Gasteiger partial charge in [-0.2, -0.15) is 10.1 Å². The number of hydrogen-bond donors (Lipinski definition) is 0. The topological polar surface area (TPSA) is 127 Å². The molecule has 0 spiro atoms. The Balaban J connectivity index is 1.24. The molecule has 1 saturated heterocycles. The molecule has 2 aliphatic rings. The van der Waals surface area contributed by atoms with Gasteiger partial charge in [0.05, 0.1) is 66.8 Å². The number of rotatable bonds is 9. The lowest BCUT2D eigenvalue weighted by Gasteiger charge is -2.30. The number of aromatic nitrogens is 4. The maximum absolute atomic E-state index is 13.5. The van der Waals surface area contributed by atoms with E-state index in [-0.39, 0.29) is 30.3 Å². The van der Waals surface area contributed by atoms with Crippen LogP contribution in [0.4, 0.5) is 15.9 Å². The summed E-state index contributed by atoms with van der Waals surface area (Å²) in [6, 6.07) is 8.34. The zero-order valence-electron chi connectivity index (χ0n) is 23.1. The van der Waals surface area contributed by atoms with Gasteiger partial charge < -0.3 is 23.8 Å². The molecule has 42 heavy (non-hydrogen) atoms. The molecule has 3 aromatic heterocycles. The van der Waals surface area contributed by atoms with Crippen LogP contribution in [0, 0.1) is 15.9 Å².